The zero-order valence-corrected chi connectivity index (χ0v) is 15.9. The number of hydrogen-bond donors (Lipinski definition) is 1. The number of carbonyl (C=O) groups is 2. The summed E-state index contributed by atoms with van der Waals surface area (Å²) in [6.07, 6.45) is 7.39. The first-order valence-corrected chi connectivity index (χ1v) is 9.35. The van der Waals surface area contributed by atoms with E-state index in [0.29, 0.717) is 0 Å². The lowest BCUT2D eigenvalue weighted by Gasteiger charge is -2.29. The van der Waals surface area contributed by atoms with Gasteiger partial charge in [0.2, 0.25) is 5.91 Å². The van der Waals surface area contributed by atoms with E-state index in [-0.39, 0.29) is 29.9 Å². The Morgan fingerprint density at radius 1 is 1.19 bits per heavy atom. The summed E-state index contributed by atoms with van der Waals surface area (Å²) in [4.78, 5) is 23.9. The van der Waals surface area contributed by atoms with Crippen LogP contribution >= 0.6 is 0 Å². The van der Waals surface area contributed by atoms with E-state index in [2.05, 4.69) is 5.32 Å². The van der Waals surface area contributed by atoms with Gasteiger partial charge in [-0.1, -0.05) is 26.0 Å². The average Bonchev–Trinajstić information content (AvgIpc) is 2.67. The third-order valence-electron chi connectivity index (χ3n) is 4.86. The number of ether oxygens (including phenoxy) is 2. The summed E-state index contributed by atoms with van der Waals surface area (Å²) in [6, 6.07) is 7.67. The molecule has 1 saturated carbocycles. The molecule has 1 fully saturated rings. The highest BCUT2D eigenvalue weighted by Gasteiger charge is 2.25. The largest absolute Gasteiger partial charge is 0.497 e. The zero-order chi connectivity index (χ0) is 18.9. The summed E-state index contributed by atoms with van der Waals surface area (Å²) in [5.41, 5.74) is 0.946. The highest BCUT2D eigenvalue weighted by molar-refractivity contribution is 5.91. The van der Waals surface area contributed by atoms with Crippen LogP contribution in [0.25, 0.3) is 6.08 Å². The molecule has 26 heavy (non-hydrogen) atoms. The fourth-order valence-corrected chi connectivity index (χ4v) is 2.91. The van der Waals surface area contributed by atoms with E-state index in [9.17, 15) is 9.59 Å². The lowest BCUT2D eigenvalue weighted by molar-refractivity contribution is -0.155. The van der Waals surface area contributed by atoms with Gasteiger partial charge in [0.1, 0.15) is 11.9 Å². The maximum absolute atomic E-state index is 12.1. The van der Waals surface area contributed by atoms with Crippen molar-refractivity contribution in [2.75, 3.05) is 7.11 Å². The number of carbonyl (C=O) groups excluding carboxylic acids is 2. The first-order chi connectivity index (χ1) is 12.5. The molecular weight excluding hydrogens is 330 g/mol. The molecule has 142 valence electrons. The molecule has 0 bridgehead atoms. The van der Waals surface area contributed by atoms with Gasteiger partial charge in [-0.15, -0.1) is 0 Å². The highest BCUT2D eigenvalue weighted by Crippen LogP contribution is 2.22. The van der Waals surface area contributed by atoms with Crippen LogP contribution in [0.15, 0.2) is 30.3 Å². The highest BCUT2D eigenvalue weighted by atomic mass is 16.5. The van der Waals surface area contributed by atoms with Gasteiger partial charge in [-0.2, -0.15) is 0 Å². The number of amides is 1. The molecule has 0 radical (unpaired) electrons. The van der Waals surface area contributed by atoms with Gasteiger partial charge >= 0.3 is 5.97 Å². The molecular formula is C21H29NO4. The molecule has 0 aromatic heterocycles. The number of rotatable bonds is 7. The molecule has 1 N–H and O–H groups in total. The van der Waals surface area contributed by atoms with Crippen LogP contribution in [0.4, 0.5) is 0 Å². The maximum Gasteiger partial charge on any atom is 0.308 e. The summed E-state index contributed by atoms with van der Waals surface area (Å²) < 4.78 is 10.7. The van der Waals surface area contributed by atoms with Crippen molar-refractivity contribution in [3.8, 4) is 5.75 Å². The summed E-state index contributed by atoms with van der Waals surface area (Å²) in [5.74, 6) is 0.538. The van der Waals surface area contributed by atoms with E-state index >= 15 is 0 Å². The predicted molar refractivity (Wildman–Crippen MR) is 102 cm³/mol. The Labute approximate surface area is 155 Å². The van der Waals surface area contributed by atoms with Crippen molar-refractivity contribution in [1.29, 1.82) is 0 Å². The molecule has 1 atom stereocenters. The van der Waals surface area contributed by atoms with Gasteiger partial charge in [-0.3, -0.25) is 9.59 Å². The van der Waals surface area contributed by atoms with E-state index in [4.69, 9.17) is 9.47 Å². The van der Waals surface area contributed by atoms with E-state index in [1.165, 1.54) is 0 Å². The Morgan fingerprint density at radius 3 is 2.42 bits per heavy atom. The van der Waals surface area contributed by atoms with Crippen LogP contribution < -0.4 is 10.1 Å². The van der Waals surface area contributed by atoms with Crippen molar-refractivity contribution in [3.63, 3.8) is 0 Å². The van der Waals surface area contributed by atoms with Crippen molar-refractivity contribution in [1.82, 2.24) is 5.32 Å². The summed E-state index contributed by atoms with van der Waals surface area (Å²) in [5, 5.41) is 3.03. The fourth-order valence-electron chi connectivity index (χ4n) is 2.91. The monoisotopic (exact) mass is 359 g/mol. The van der Waals surface area contributed by atoms with E-state index in [1.54, 1.807) is 19.3 Å². The van der Waals surface area contributed by atoms with Crippen LogP contribution in [-0.2, 0) is 14.3 Å². The van der Waals surface area contributed by atoms with Crippen molar-refractivity contribution >= 4 is 18.0 Å². The van der Waals surface area contributed by atoms with Crippen LogP contribution in [0.5, 0.6) is 5.75 Å². The third kappa shape index (κ3) is 6.21. The molecule has 0 spiro atoms. The van der Waals surface area contributed by atoms with Gasteiger partial charge in [-0.25, -0.2) is 0 Å². The summed E-state index contributed by atoms with van der Waals surface area (Å²) >= 11 is 0. The second-order valence-corrected chi connectivity index (χ2v) is 6.83. The van der Waals surface area contributed by atoms with Crippen molar-refractivity contribution in [2.45, 2.75) is 58.1 Å². The van der Waals surface area contributed by atoms with E-state index in [1.807, 2.05) is 38.1 Å². The molecule has 1 unspecified atom stereocenters. The number of esters is 1. The van der Waals surface area contributed by atoms with Gasteiger partial charge in [-0.05, 0) is 55.9 Å². The third-order valence-corrected chi connectivity index (χ3v) is 4.86. The molecule has 1 amide bonds. The molecule has 1 aromatic rings. The fraction of sp³-hybridized carbons (Fsp3) is 0.524. The topological polar surface area (TPSA) is 64.6 Å². The molecule has 2 rings (SSSR count). The molecule has 0 saturated heterocycles. The molecule has 1 aliphatic rings. The van der Waals surface area contributed by atoms with E-state index in [0.717, 1.165) is 43.4 Å². The molecule has 1 aromatic carbocycles. The second kappa shape index (κ2) is 10.00. The predicted octanol–water partition coefficient (Wildman–Crippen LogP) is 3.73. The van der Waals surface area contributed by atoms with Gasteiger partial charge in [0.05, 0.1) is 13.0 Å². The standard InChI is InChI=1S/C21H29NO4/c1-4-15(2)21(24)26-19-12-8-17(9-13-19)22-20(23)14-7-16-5-10-18(25-3)11-6-16/h5-7,10-11,14-15,17,19H,4,8-9,12-13H2,1-3H3,(H,22,23)/b14-7+. The SMILES string of the molecule is CCC(C)C(=O)OC1CCC(NC(=O)/C=C/c2ccc(OC)cc2)CC1. The van der Waals surface area contributed by atoms with Crippen molar-refractivity contribution in [2.24, 2.45) is 5.92 Å². The van der Waals surface area contributed by atoms with Gasteiger partial charge in [0.15, 0.2) is 0 Å². The Bertz CT molecular complexity index is 615. The number of nitrogens with one attached hydrogen (secondary N) is 1. The quantitative estimate of drug-likeness (QED) is 0.595. The normalized spacial score (nSPS) is 21.2. The minimum Gasteiger partial charge on any atom is -0.497 e. The first-order valence-electron chi connectivity index (χ1n) is 9.35. The smallest absolute Gasteiger partial charge is 0.308 e. The van der Waals surface area contributed by atoms with Crippen LogP contribution in [-0.4, -0.2) is 31.1 Å². The Kier molecular flexibility index (Phi) is 7.70. The molecule has 0 heterocycles. The minimum atomic E-state index is -0.109. The van der Waals surface area contributed by atoms with Crippen LogP contribution in [0.1, 0.15) is 51.5 Å². The van der Waals surface area contributed by atoms with Crippen LogP contribution in [0.3, 0.4) is 0 Å². The maximum atomic E-state index is 12.1. The van der Waals surface area contributed by atoms with E-state index < -0.39 is 0 Å². The Balaban J connectivity index is 1.73. The van der Waals surface area contributed by atoms with Gasteiger partial charge in [0.25, 0.3) is 0 Å². The van der Waals surface area contributed by atoms with Crippen LogP contribution in [0.2, 0.25) is 0 Å². The summed E-state index contributed by atoms with van der Waals surface area (Å²) in [7, 11) is 1.62. The Hall–Kier alpha value is -2.30. The van der Waals surface area contributed by atoms with Gasteiger partial charge in [0, 0.05) is 12.1 Å². The number of hydrogen-bond acceptors (Lipinski definition) is 4. The number of methoxy groups -OCH3 is 1. The Morgan fingerprint density at radius 2 is 1.85 bits per heavy atom. The average molecular weight is 359 g/mol. The second-order valence-electron chi connectivity index (χ2n) is 6.83. The van der Waals surface area contributed by atoms with Crippen LogP contribution in [0, 0.1) is 5.92 Å². The van der Waals surface area contributed by atoms with Crippen molar-refractivity contribution < 1.29 is 19.1 Å². The number of benzene rings is 1. The van der Waals surface area contributed by atoms with Gasteiger partial charge < -0.3 is 14.8 Å². The van der Waals surface area contributed by atoms with Crippen molar-refractivity contribution in [3.05, 3.63) is 35.9 Å². The molecule has 5 nitrogen and oxygen atoms in total. The lowest BCUT2D eigenvalue weighted by atomic mass is 9.92. The lowest BCUT2D eigenvalue weighted by Crippen LogP contribution is -2.39. The molecule has 5 heteroatoms. The first kappa shape index (κ1) is 20.0. The zero-order valence-electron chi connectivity index (χ0n) is 15.9. The molecule has 1 aliphatic carbocycles. The minimum absolute atomic E-state index is 0.0144. The molecule has 0 aliphatic heterocycles. The summed E-state index contributed by atoms with van der Waals surface area (Å²) in [6.45, 7) is 3.88.